The molecule has 36 heavy (non-hydrogen) atoms. The maximum Gasteiger partial charge on any atom is 0.387 e. The Morgan fingerprint density at radius 3 is 2.86 bits per heavy atom. The third-order valence-electron chi connectivity index (χ3n) is 6.14. The van der Waals surface area contributed by atoms with E-state index in [0.717, 1.165) is 12.4 Å². The maximum atomic E-state index is 13.4. The molecule has 190 valence electrons. The number of ether oxygens (including phenoxy) is 2. The van der Waals surface area contributed by atoms with Crippen molar-refractivity contribution >= 4 is 29.3 Å². The fourth-order valence-corrected chi connectivity index (χ4v) is 4.21. The van der Waals surface area contributed by atoms with Gasteiger partial charge in [0.1, 0.15) is 11.6 Å². The molecule has 2 fully saturated rings. The SMILES string of the molecule is N=CC1(NC(=O)[C@@H]2CC/C(=C(/N)c3cncc(OC(F)F)c3)C(=Nc3ccc(F)cn3)C2)CCOC1. The first-order valence-corrected chi connectivity index (χ1v) is 11.3. The number of hydrogen-bond acceptors (Lipinski definition) is 8. The van der Waals surface area contributed by atoms with Crippen LogP contribution < -0.4 is 15.8 Å². The summed E-state index contributed by atoms with van der Waals surface area (Å²) in [6, 6.07) is 3.97. The topological polar surface area (TPSA) is 136 Å². The molecule has 4 N–H and O–H groups in total. The minimum absolute atomic E-state index is 0.145. The molecule has 1 aliphatic carbocycles. The number of pyridine rings is 2. The second-order valence-electron chi connectivity index (χ2n) is 8.61. The number of rotatable bonds is 7. The highest BCUT2D eigenvalue weighted by atomic mass is 19.3. The van der Waals surface area contributed by atoms with Gasteiger partial charge in [0, 0.05) is 54.8 Å². The average Bonchev–Trinajstić information content (AvgIpc) is 3.33. The zero-order chi connectivity index (χ0) is 25.7. The molecular formula is C24H25F3N6O3. The number of allylic oxidation sites excluding steroid dienone is 1. The van der Waals surface area contributed by atoms with Crippen molar-refractivity contribution < 1.29 is 27.4 Å². The van der Waals surface area contributed by atoms with Crippen molar-refractivity contribution in [2.75, 3.05) is 13.2 Å². The Morgan fingerprint density at radius 2 is 2.19 bits per heavy atom. The third kappa shape index (κ3) is 5.88. The van der Waals surface area contributed by atoms with Gasteiger partial charge < -0.3 is 25.9 Å². The molecule has 9 nitrogen and oxygen atoms in total. The highest BCUT2D eigenvalue weighted by Crippen LogP contribution is 2.33. The largest absolute Gasteiger partial charge is 0.433 e. The van der Waals surface area contributed by atoms with Gasteiger partial charge in [0.25, 0.3) is 0 Å². The van der Waals surface area contributed by atoms with Gasteiger partial charge >= 0.3 is 6.61 Å². The third-order valence-corrected chi connectivity index (χ3v) is 6.14. The molecule has 2 aromatic heterocycles. The molecule has 0 spiro atoms. The molecule has 1 saturated carbocycles. The van der Waals surface area contributed by atoms with Gasteiger partial charge in [-0.3, -0.25) is 9.78 Å². The number of nitrogens with one attached hydrogen (secondary N) is 2. The Bertz CT molecular complexity index is 1180. The van der Waals surface area contributed by atoms with Crippen LogP contribution in [0.3, 0.4) is 0 Å². The number of halogens is 3. The predicted molar refractivity (Wildman–Crippen MR) is 126 cm³/mol. The number of aliphatic imine (C=N–C) groups is 1. The van der Waals surface area contributed by atoms with Crippen molar-refractivity contribution in [3.05, 3.63) is 53.7 Å². The van der Waals surface area contributed by atoms with E-state index in [1.165, 1.54) is 30.6 Å². The molecule has 0 bridgehead atoms. The zero-order valence-electron chi connectivity index (χ0n) is 19.2. The summed E-state index contributed by atoms with van der Waals surface area (Å²) in [7, 11) is 0. The van der Waals surface area contributed by atoms with E-state index < -0.39 is 23.9 Å². The Balaban J connectivity index is 1.65. The van der Waals surface area contributed by atoms with Crippen LogP contribution in [-0.2, 0) is 9.53 Å². The first-order chi connectivity index (χ1) is 17.3. The lowest BCUT2D eigenvalue weighted by Gasteiger charge is -2.30. The van der Waals surface area contributed by atoms with E-state index in [9.17, 15) is 18.0 Å². The maximum absolute atomic E-state index is 13.4. The normalized spacial score (nSPS) is 24.6. The summed E-state index contributed by atoms with van der Waals surface area (Å²) in [6.07, 6.45) is 6.31. The Kier molecular flexibility index (Phi) is 7.63. The van der Waals surface area contributed by atoms with Crippen LogP contribution in [0.1, 0.15) is 31.2 Å². The van der Waals surface area contributed by atoms with Gasteiger partial charge in [-0.25, -0.2) is 14.4 Å². The van der Waals surface area contributed by atoms with Crippen LogP contribution in [0.5, 0.6) is 5.75 Å². The van der Waals surface area contributed by atoms with Gasteiger partial charge in [0.2, 0.25) is 5.91 Å². The molecule has 12 heteroatoms. The predicted octanol–water partition coefficient (Wildman–Crippen LogP) is 3.38. The van der Waals surface area contributed by atoms with Crippen LogP contribution in [0.25, 0.3) is 5.70 Å². The Hall–Kier alpha value is -3.80. The molecule has 4 rings (SSSR count). The Morgan fingerprint density at radius 1 is 1.36 bits per heavy atom. The van der Waals surface area contributed by atoms with Crippen molar-refractivity contribution in [1.29, 1.82) is 5.41 Å². The summed E-state index contributed by atoms with van der Waals surface area (Å²) >= 11 is 0. The molecule has 2 aliphatic rings. The summed E-state index contributed by atoms with van der Waals surface area (Å²) in [4.78, 5) is 25.6. The van der Waals surface area contributed by atoms with E-state index in [1.807, 2.05) is 0 Å². The molecule has 1 aliphatic heterocycles. The summed E-state index contributed by atoms with van der Waals surface area (Å²) in [5, 5.41) is 10.7. The summed E-state index contributed by atoms with van der Waals surface area (Å²) < 4.78 is 48.5. The molecule has 3 heterocycles. The first kappa shape index (κ1) is 25.3. The van der Waals surface area contributed by atoms with E-state index in [2.05, 4.69) is 25.0 Å². The number of amides is 1. The van der Waals surface area contributed by atoms with Gasteiger partial charge in [0.05, 0.1) is 24.5 Å². The number of carbonyl (C=O) groups is 1. The second kappa shape index (κ2) is 10.9. The molecular weight excluding hydrogens is 477 g/mol. The molecule has 1 amide bonds. The summed E-state index contributed by atoms with van der Waals surface area (Å²) in [5.41, 5.74) is 7.26. The Labute approximate surface area is 205 Å². The van der Waals surface area contributed by atoms with Crippen LogP contribution in [0.2, 0.25) is 0 Å². The van der Waals surface area contributed by atoms with Gasteiger partial charge in [-0.15, -0.1) is 0 Å². The molecule has 2 atom stereocenters. The van der Waals surface area contributed by atoms with Crippen molar-refractivity contribution in [1.82, 2.24) is 15.3 Å². The monoisotopic (exact) mass is 502 g/mol. The lowest BCUT2D eigenvalue weighted by Crippen LogP contribution is -2.52. The zero-order valence-corrected chi connectivity index (χ0v) is 19.2. The fourth-order valence-electron chi connectivity index (χ4n) is 4.21. The van der Waals surface area contributed by atoms with Crippen LogP contribution in [-0.4, -0.2) is 53.2 Å². The molecule has 0 aromatic carbocycles. The van der Waals surface area contributed by atoms with E-state index in [4.69, 9.17) is 15.9 Å². The molecule has 1 saturated heterocycles. The standard InChI is InChI=1S/C24H25F3N6O3/c25-16-2-4-20(31-10-16)32-19-8-14(22(34)33-24(12-28)5-6-35-13-24)1-3-18(19)21(29)15-7-17(11-30-9-15)36-23(26)27/h2,4,7,9-12,14,23,28H,1,3,5-6,8,13,29H2,(H,33,34)/b21-18-,28-12?,32-19?/t14-,24?/m1/s1. The van der Waals surface area contributed by atoms with Crippen molar-refractivity contribution in [3.8, 4) is 5.75 Å². The number of alkyl halides is 2. The first-order valence-electron chi connectivity index (χ1n) is 11.3. The molecule has 0 radical (unpaired) electrons. The van der Waals surface area contributed by atoms with Gasteiger partial charge in [-0.05, 0) is 36.6 Å². The minimum Gasteiger partial charge on any atom is -0.433 e. The molecule has 2 aromatic rings. The highest BCUT2D eigenvalue weighted by Gasteiger charge is 2.38. The van der Waals surface area contributed by atoms with Crippen LogP contribution in [0, 0.1) is 17.1 Å². The lowest BCUT2D eigenvalue weighted by molar-refractivity contribution is -0.126. The van der Waals surface area contributed by atoms with Gasteiger partial charge in [-0.2, -0.15) is 8.78 Å². The van der Waals surface area contributed by atoms with Crippen LogP contribution in [0.4, 0.5) is 19.0 Å². The number of nitrogens with two attached hydrogens (primary N) is 1. The minimum atomic E-state index is -3.01. The number of hydrogen-bond donors (Lipinski definition) is 3. The molecule has 1 unspecified atom stereocenters. The lowest BCUT2D eigenvalue weighted by atomic mass is 9.81. The van der Waals surface area contributed by atoms with Crippen molar-refractivity contribution in [2.45, 2.75) is 37.8 Å². The van der Waals surface area contributed by atoms with E-state index >= 15 is 0 Å². The van der Waals surface area contributed by atoms with Crippen LogP contribution >= 0.6 is 0 Å². The number of aromatic nitrogens is 2. The van der Waals surface area contributed by atoms with Crippen molar-refractivity contribution in [2.24, 2.45) is 16.6 Å². The average molecular weight is 502 g/mol. The van der Waals surface area contributed by atoms with E-state index in [-0.39, 0.29) is 36.2 Å². The summed E-state index contributed by atoms with van der Waals surface area (Å²) in [5.74, 6) is -1.15. The summed E-state index contributed by atoms with van der Waals surface area (Å²) in [6.45, 7) is -2.33. The van der Waals surface area contributed by atoms with Crippen molar-refractivity contribution in [3.63, 3.8) is 0 Å². The van der Waals surface area contributed by atoms with Gasteiger partial charge in [-0.1, -0.05) is 0 Å². The van der Waals surface area contributed by atoms with Crippen LogP contribution in [0.15, 0.2) is 47.4 Å². The van der Waals surface area contributed by atoms with Gasteiger partial charge in [0.15, 0.2) is 5.82 Å². The second-order valence-corrected chi connectivity index (χ2v) is 8.61. The smallest absolute Gasteiger partial charge is 0.387 e. The number of carbonyl (C=O) groups excluding carboxylic acids is 1. The number of nitrogens with zero attached hydrogens (tertiary/aromatic N) is 3. The van der Waals surface area contributed by atoms with E-state index in [1.54, 1.807) is 0 Å². The highest BCUT2D eigenvalue weighted by molar-refractivity contribution is 6.09. The van der Waals surface area contributed by atoms with E-state index in [0.29, 0.717) is 42.7 Å². The fraction of sp³-hybridized carbons (Fsp3) is 0.375. The quantitative estimate of drug-likeness (QED) is 0.497.